The van der Waals surface area contributed by atoms with Crippen LogP contribution < -0.4 is 10.1 Å². The van der Waals surface area contributed by atoms with Crippen molar-refractivity contribution in [2.45, 2.75) is 12.5 Å². The number of pyridine rings is 1. The number of halogens is 6. The Balaban J connectivity index is 2.18. The molecule has 0 saturated heterocycles. The van der Waals surface area contributed by atoms with E-state index in [1.807, 2.05) is 0 Å². The molecule has 0 spiro atoms. The van der Waals surface area contributed by atoms with Crippen LogP contribution in [0.5, 0.6) is 5.75 Å². The number of alkyl halides is 6. The molecule has 0 unspecified atom stereocenters. The SMILES string of the molecule is O=C(Nc1ccccc1OC(F)(F)F)c1ccc(C(F)(F)F)nc1. The van der Waals surface area contributed by atoms with E-state index in [2.05, 4.69) is 15.0 Å². The summed E-state index contributed by atoms with van der Waals surface area (Å²) in [6.45, 7) is 0. The highest BCUT2D eigenvalue weighted by Gasteiger charge is 2.33. The predicted octanol–water partition coefficient (Wildman–Crippen LogP) is 4.25. The van der Waals surface area contributed by atoms with Gasteiger partial charge >= 0.3 is 12.5 Å². The van der Waals surface area contributed by atoms with E-state index >= 15 is 0 Å². The molecule has 10 heteroatoms. The van der Waals surface area contributed by atoms with Crippen LogP contribution in [0.1, 0.15) is 16.1 Å². The van der Waals surface area contributed by atoms with E-state index in [1.54, 1.807) is 0 Å². The fourth-order valence-corrected chi connectivity index (χ4v) is 1.67. The van der Waals surface area contributed by atoms with Crippen LogP contribution in [-0.4, -0.2) is 17.3 Å². The van der Waals surface area contributed by atoms with E-state index in [1.165, 1.54) is 12.1 Å². The highest BCUT2D eigenvalue weighted by atomic mass is 19.4. The van der Waals surface area contributed by atoms with Crippen LogP contribution in [0.4, 0.5) is 32.0 Å². The largest absolute Gasteiger partial charge is 0.573 e. The first-order valence-electron chi connectivity index (χ1n) is 6.25. The fourth-order valence-electron chi connectivity index (χ4n) is 1.67. The third-order valence-corrected chi connectivity index (χ3v) is 2.68. The summed E-state index contributed by atoms with van der Waals surface area (Å²) in [6.07, 6.45) is -8.95. The number of aromatic nitrogens is 1. The van der Waals surface area contributed by atoms with Crippen LogP contribution in [0.25, 0.3) is 0 Å². The molecule has 0 fully saturated rings. The molecule has 0 bridgehead atoms. The third-order valence-electron chi connectivity index (χ3n) is 2.68. The number of ether oxygens (including phenoxy) is 1. The van der Waals surface area contributed by atoms with Crippen molar-refractivity contribution in [1.29, 1.82) is 0 Å². The van der Waals surface area contributed by atoms with Gasteiger partial charge in [-0.3, -0.25) is 9.78 Å². The molecule has 1 amide bonds. The minimum atomic E-state index is -4.96. The van der Waals surface area contributed by atoms with Crippen LogP contribution in [0.15, 0.2) is 42.6 Å². The maximum Gasteiger partial charge on any atom is 0.573 e. The molecule has 1 aromatic heterocycles. The van der Waals surface area contributed by atoms with E-state index in [0.717, 1.165) is 18.2 Å². The number of hydrogen-bond donors (Lipinski definition) is 1. The Labute approximate surface area is 131 Å². The average Bonchev–Trinajstić information content (AvgIpc) is 2.47. The Bertz CT molecular complexity index is 725. The summed E-state index contributed by atoms with van der Waals surface area (Å²) in [7, 11) is 0. The summed E-state index contributed by atoms with van der Waals surface area (Å²) in [6, 6.07) is 6.19. The van der Waals surface area contributed by atoms with E-state index in [4.69, 9.17) is 0 Å². The summed E-state index contributed by atoms with van der Waals surface area (Å²) >= 11 is 0. The number of para-hydroxylation sites is 2. The van der Waals surface area contributed by atoms with Gasteiger partial charge < -0.3 is 10.1 Å². The van der Waals surface area contributed by atoms with Gasteiger partial charge in [0.2, 0.25) is 0 Å². The van der Waals surface area contributed by atoms with E-state index < -0.39 is 29.9 Å². The van der Waals surface area contributed by atoms with Crippen molar-refractivity contribution >= 4 is 11.6 Å². The molecule has 24 heavy (non-hydrogen) atoms. The average molecular weight is 350 g/mol. The highest BCUT2D eigenvalue weighted by Crippen LogP contribution is 2.30. The summed E-state index contributed by atoms with van der Waals surface area (Å²) in [5, 5.41) is 2.12. The summed E-state index contributed by atoms with van der Waals surface area (Å²) in [5.74, 6) is -1.59. The number of carbonyl (C=O) groups is 1. The zero-order valence-electron chi connectivity index (χ0n) is 11.6. The maximum atomic E-state index is 12.4. The molecule has 0 aliphatic rings. The minimum absolute atomic E-state index is 0.259. The standard InChI is InChI=1S/C14H8F6N2O2/c15-13(16,17)11-6-5-8(7-21-11)12(23)22-9-3-1-2-4-10(9)24-14(18,19)20/h1-7H,(H,22,23). The predicted molar refractivity (Wildman–Crippen MR) is 70.3 cm³/mol. The topological polar surface area (TPSA) is 51.2 Å². The Kier molecular flexibility index (Phi) is 4.67. The first-order chi connectivity index (χ1) is 11.1. The Morgan fingerprint density at radius 2 is 1.67 bits per heavy atom. The smallest absolute Gasteiger partial charge is 0.404 e. The lowest BCUT2D eigenvalue weighted by Crippen LogP contribution is -2.19. The molecular weight excluding hydrogens is 342 g/mol. The molecule has 1 heterocycles. The molecule has 1 N–H and O–H groups in total. The van der Waals surface area contributed by atoms with Crippen molar-refractivity contribution in [3.63, 3.8) is 0 Å². The van der Waals surface area contributed by atoms with Gasteiger partial charge in [-0.1, -0.05) is 12.1 Å². The maximum absolute atomic E-state index is 12.4. The Hall–Kier alpha value is -2.78. The van der Waals surface area contributed by atoms with Gasteiger partial charge in [0.1, 0.15) is 5.69 Å². The van der Waals surface area contributed by atoms with Gasteiger partial charge in [-0.2, -0.15) is 13.2 Å². The van der Waals surface area contributed by atoms with Crippen molar-refractivity contribution in [2.75, 3.05) is 5.32 Å². The Morgan fingerprint density at radius 3 is 2.21 bits per heavy atom. The number of amides is 1. The zero-order chi connectivity index (χ0) is 18.0. The van der Waals surface area contributed by atoms with Crippen LogP contribution in [0, 0.1) is 0 Å². The first-order valence-corrected chi connectivity index (χ1v) is 6.25. The second-order valence-electron chi connectivity index (χ2n) is 4.43. The molecule has 0 aliphatic carbocycles. The molecule has 0 aliphatic heterocycles. The van der Waals surface area contributed by atoms with E-state index in [9.17, 15) is 31.1 Å². The number of rotatable bonds is 3. The van der Waals surface area contributed by atoms with Gasteiger partial charge in [-0.15, -0.1) is 13.2 Å². The van der Waals surface area contributed by atoms with Crippen molar-refractivity contribution in [3.05, 3.63) is 53.9 Å². The number of benzene rings is 1. The van der Waals surface area contributed by atoms with Crippen molar-refractivity contribution < 1.29 is 35.9 Å². The highest BCUT2D eigenvalue weighted by molar-refractivity contribution is 6.04. The second-order valence-corrected chi connectivity index (χ2v) is 4.43. The molecule has 4 nitrogen and oxygen atoms in total. The lowest BCUT2D eigenvalue weighted by atomic mass is 10.2. The lowest BCUT2D eigenvalue weighted by Gasteiger charge is -2.14. The van der Waals surface area contributed by atoms with Crippen LogP contribution >= 0.6 is 0 Å². The quantitative estimate of drug-likeness (QED) is 0.842. The molecular formula is C14H8F6N2O2. The molecule has 0 saturated carbocycles. The normalized spacial score (nSPS) is 11.9. The minimum Gasteiger partial charge on any atom is -0.404 e. The summed E-state index contributed by atoms with van der Waals surface area (Å²) in [4.78, 5) is 15.0. The first kappa shape index (κ1) is 17.6. The van der Waals surface area contributed by atoms with Gasteiger partial charge in [0, 0.05) is 6.20 Å². The van der Waals surface area contributed by atoms with Gasteiger partial charge in [-0.25, -0.2) is 0 Å². The monoisotopic (exact) mass is 350 g/mol. The molecule has 0 radical (unpaired) electrons. The van der Waals surface area contributed by atoms with Gasteiger partial charge in [0.15, 0.2) is 5.75 Å². The molecule has 1 aromatic carbocycles. The third kappa shape index (κ3) is 4.61. The van der Waals surface area contributed by atoms with Gasteiger partial charge in [0.05, 0.1) is 11.3 Å². The number of nitrogens with zero attached hydrogens (tertiary/aromatic N) is 1. The Morgan fingerprint density at radius 1 is 1.00 bits per heavy atom. The molecule has 2 aromatic rings. The molecule has 128 valence electrons. The fraction of sp³-hybridized carbons (Fsp3) is 0.143. The van der Waals surface area contributed by atoms with Crippen molar-refractivity contribution in [2.24, 2.45) is 0 Å². The zero-order valence-corrected chi connectivity index (χ0v) is 11.6. The summed E-state index contributed by atoms with van der Waals surface area (Å²) in [5.41, 5.74) is -1.75. The lowest BCUT2D eigenvalue weighted by molar-refractivity contribution is -0.274. The van der Waals surface area contributed by atoms with Crippen LogP contribution in [0.2, 0.25) is 0 Å². The number of nitrogens with one attached hydrogen (secondary N) is 1. The number of anilines is 1. The summed E-state index contributed by atoms with van der Waals surface area (Å²) < 4.78 is 77.8. The molecule has 2 rings (SSSR count). The number of carbonyl (C=O) groups excluding carboxylic acids is 1. The number of hydrogen-bond acceptors (Lipinski definition) is 3. The van der Waals surface area contributed by atoms with Crippen LogP contribution in [0.3, 0.4) is 0 Å². The van der Waals surface area contributed by atoms with Crippen molar-refractivity contribution in [1.82, 2.24) is 4.98 Å². The van der Waals surface area contributed by atoms with Gasteiger partial charge in [0.25, 0.3) is 5.91 Å². The molecule has 0 atom stereocenters. The van der Waals surface area contributed by atoms with E-state index in [-0.39, 0.29) is 11.3 Å². The van der Waals surface area contributed by atoms with E-state index in [0.29, 0.717) is 12.3 Å². The van der Waals surface area contributed by atoms with Crippen molar-refractivity contribution in [3.8, 4) is 5.75 Å². The second kappa shape index (κ2) is 6.38. The van der Waals surface area contributed by atoms with Crippen LogP contribution in [-0.2, 0) is 6.18 Å². The van der Waals surface area contributed by atoms with Gasteiger partial charge in [-0.05, 0) is 24.3 Å².